The van der Waals surface area contributed by atoms with E-state index in [1.165, 1.54) is 4.88 Å². The number of benzene rings is 1. The van der Waals surface area contributed by atoms with Crippen LogP contribution in [0, 0.1) is 0 Å². The second-order valence-electron chi connectivity index (χ2n) is 4.82. The molecule has 112 valence electrons. The van der Waals surface area contributed by atoms with Crippen LogP contribution in [0.5, 0.6) is 5.75 Å². The largest absolute Gasteiger partial charge is 0.497 e. The number of nitrogens with zero attached hydrogens (tertiary/aromatic N) is 1. The molecule has 0 aliphatic carbocycles. The van der Waals surface area contributed by atoms with E-state index in [1.807, 2.05) is 12.1 Å². The van der Waals surface area contributed by atoms with Crippen molar-refractivity contribution in [2.24, 2.45) is 0 Å². The highest BCUT2D eigenvalue weighted by Crippen LogP contribution is 2.16. The van der Waals surface area contributed by atoms with Crippen molar-refractivity contribution in [1.29, 1.82) is 0 Å². The summed E-state index contributed by atoms with van der Waals surface area (Å²) in [7, 11) is 0.142. The molecule has 1 aromatic heterocycles. The van der Waals surface area contributed by atoms with E-state index in [9.17, 15) is 10.0 Å². The monoisotopic (exact) mass is 305 g/mol. The van der Waals surface area contributed by atoms with Gasteiger partial charge < -0.3 is 14.8 Å². The first kappa shape index (κ1) is 16.0. The van der Waals surface area contributed by atoms with Gasteiger partial charge >= 0.3 is 7.12 Å². The van der Waals surface area contributed by atoms with E-state index in [0.717, 1.165) is 24.4 Å². The zero-order valence-corrected chi connectivity index (χ0v) is 13.1. The van der Waals surface area contributed by atoms with Gasteiger partial charge in [0.05, 0.1) is 7.11 Å². The van der Waals surface area contributed by atoms with Crippen LogP contribution in [0.15, 0.2) is 35.7 Å². The fourth-order valence-corrected chi connectivity index (χ4v) is 2.99. The number of hydrogen-bond acceptors (Lipinski definition) is 5. The zero-order chi connectivity index (χ0) is 15.2. The van der Waals surface area contributed by atoms with Crippen molar-refractivity contribution in [2.45, 2.75) is 20.0 Å². The Labute approximate surface area is 129 Å². The molecule has 4 nitrogen and oxygen atoms in total. The molecule has 2 aromatic rings. The molecule has 2 N–H and O–H groups in total. The lowest BCUT2D eigenvalue weighted by Gasteiger charge is -2.22. The SMILES string of the molecule is CCN(Cc1cccs1)Cc1cc(OC)ccc1B(O)O. The summed E-state index contributed by atoms with van der Waals surface area (Å²) >= 11 is 1.73. The molecule has 6 heteroatoms. The van der Waals surface area contributed by atoms with Crippen LogP contribution >= 0.6 is 11.3 Å². The Morgan fingerprint density at radius 1 is 1.24 bits per heavy atom. The molecule has 21 heavy (non-hydrogen) atoms. The van der Waals surface area contributed by atoms with E-state index in [0.29, 0.717) is 12.0 Å². The minimum atomic E-state index is -1.47. The standard InChI is InChI=1S/C15H20BNO3S/c1-3-17(11-14-5-4-8-21-14)10-12-9-13(20-2)6-7-15(12)16(18)19/h4-9,18-19H,3,10-11H2,1-2H3. The molecule has 0 aliphatic heterocycles. The third-order valence-corrected chi connectivity index (χ3v) is 4.29. The average molecular weight is 305 g/mol. The van der Waals surface area contributed by atoms with Crippen LogP contribution in [0.4, 0.5) is 0 Å². The summed E-state index contributed by atoms with van der Waals surface area (Å²) in [6.45, 7) is 4.49. The Balaban J connectivity index is 2.18. The maximum atomic E-state index is 9.51. The Bertz CT molecular complexity index is 560. The van der Waals surface area contributed by atoms with Gasteiger partial charge in [-0.3, -0.25) is 4.90 Å². The van der Waals surface area contributed by atoms with E-state index in [2.05, 4.69) is 23.3 Å². The average Bonchev–Trinajstić information content (AvgIpc) is 2.99. The van der Waals surface area contributed by atoms with Crippen LogP contribution in [0.3, 0.4) is 0 Å². The topological polar surface area (TPSA) is 52.9 Å². The third kappa shape index (κ3) is 4.31. The molecule has 0 unspecified atom stereocenters. The summed E-state index contributed by atoms with van der Waals surface area (Å²) in [5.41, 5.74) is 1.41. The molecule has 2 rings (SSSR count). The summed E-state index contributed by atoms with van der Waals surface area (Å²) in [4.78, 5) is 3.55. The van der Waals surface area contributed by atoms with Gasteiger partial charge in [-0.2, -0.15) is 0 Å². The van der Waals surface area contributed by atoms with Gasteiger partial charge in [0.2, 0.25) is 0 Å². The van der Waals surface area contributed by atoms with Gasteiger partial charge in [0.15, 0.2) is 0 Å². The molecule has 0 saturated heterocycles. The maximum Gasteiger partial charge on any atom is 0.488 e. The lowest BCUT2D eigenvalue weighted by molar-refractivity contribution is 0.273. The van der Waals surface area contributed by atoms with Crippen molar-refractivity contribution in [1.82, 2.24) is 4.90 Å². The van der Waals surface area contributed by atoms with Gasteiger partial charge in [-0.05, 0) is 41.2 Å². The van der Waals surface area contributed by atoms with E-state index < -0.39 is 7.12 Å². The molecule has 0 aliphatic rings. The van der Waals surface area contributed by atoms with Gasteiger partial charge in [-0.25, -0.2) is 0 Å². The molecule has 0 radical (unpaired) electrons. The fraction of sp³-hybridized carbons (Fsp3) is 0.333. The Kier molecular flexibility index (Phi) is 5.81. The Morgan fingerprint density at radius 2 is 2.05 bits per heavy atom. The molecule has 1 heterocycles. The van der Waals surface area contributed by atoms with E-state index >= 15 is 0 Å². The summed E-state index contributed by atoms with van der Waals surface area (Å²) < 4.78 is 5.23. The molecule has 0 fully saturated rings. The summed E-state index contributed by atoms with van der Waals surface area (Å²) in [5.74, 6) is 0.724. The van der Waals surface area contributed by atoms with Crippen molar-refractivity contribution in [3.05, 3.63) is 46.2 Å². The summed E-state index contributed by atoms with van der Waals surface area (Å²) in [5, 5.41) is 21.1. The van der Waals surface area contributed by atoms with E-state index in [1.54, 1.807) is 30.6 Å². The Morgan fingerprint density at radius 3 is 2.62 bits per heavy atom. The normalized spacial score (nSPS) is 10.9. The molecular weight excluding hydrogens is 285 g/mol. The highest BCUT2D eigenvalue weighted by atomic mass is 32.1. The molecule has 0 saturated carbocycles. The minimum Gasteiger partial charge on any atom is -0.497 e. The van der Waals surface area contributed by atoms with E-state index in [-0.39, 0.29) is 0 Å². The predicted molar refractivity (Wildman–Crippen MR) is 86.9 cm³/mol. The van der Waals surface area contributed by atoms with Crippen molar-refractivity contribution < 1.29 is 14.8 Å². The highest BCUT2D eigenvalue weighted by molar-refractivity contribution is 7.09. The molecule has 0 spiro atoms. The first-order chi connectivity index (χ1) is 10.1. The molecule has 0 atom stereocenters. The minimum absolute atomic E-state index is 0.528. The maximum absolute atomic E-state index is 9.51. The van der Waals surface area contributed by atoms with Crippen molar-refractivity contribution in [3.63, 3.8) is 0 Å². The lowest BCUT2D eigenvalue weighted by Crippen LogP contribution is -2.35. The number of thiophene rings is 1. The second kappa shape index (κ2) is 7.61. The first-order valence-electron chi connectivity index (χ1n) is 6.91. The van der Waals surface area contributed by atoms with Gasteiger partial charge in [0.1, 0.15) is 5.75 Å². The zero-order valence-electron chi connectivity index (χ0n) is 12.3. The second-order valence-corrected chi connectivity index (χ2v) is 5.85. The fourth-order valence-electron chi connectivity index (χ4n) is 2.24. The first-order valence-corrected chi connectivity index (χ1v) is 7.79. The van der Waals surface area contributed by atoms with Gasteiger partial charge in [-0.15, -0.1) is 11.3 Å². The number of rotatable bonds is 7. The quantitative estimate of drug-likeness (QED) is 0.761. The van der Waals surface area contributed by atoms with Crippen molar-refractivity contribution in [2.75, 3.05) is 13.7 Å². The van der Waals surface area contributed by atoms with Gasteiger partial charge in [-0.1, -0.05) is 19.1 Å². The van der Waals surface area contributed by atoms with Crippen LogP contribution in [0.25, 0.3) is 0 Å². The van der Waals surface area contributed by atoms with Crippen LogP contribution in [-0.4, -0.2) is 35.7 Å². The van der Waals surface area contributed by atoms with Crippen molar-refractivity contribution >= 4 is 23.9 Å². The van der Waals surface area contributed by atoms with Gasteiger partial charge in [0, 0.05) is 18.0 Å². The third-order valence-electron chi connectivity index (χ3n) is 3.43. The molecule has 0 bridgehead atoms. The van der Waals surface area contributed by atoms with E-state index in [4.69, 9.17) is 4.74 Å². The van der Waals surface area contributed by atoms with Gasteiger partial charge in [0.25, 0.3) is 0 Å². The molecular formula is C15H20BNO3S. The highest BCUT2D eigenvalue weighted by Gasteiger charge is 2.18. The number of hydrogen-bond donors (Lipinski definition) is 2. The molecule has 1 aromatic carbocycles. The predicted octanol–water partition coefficient (Wildman–Crippen LogP) is 1.46. The lowest BCUT2D eigenvalue weighted by atomic mass is 9.77. The van der Waals surface area contributed by atoms with Crippen molar-refractivity contribution in [3.8, 4) is 5.75 Å². The van der Waals surface area contributed by atoms with Crippen LogP contribution in [-0.2, 0) is 13.1 Å². The molecule has 0 amide bonds. The smallest absolute Gasteiger partial charge is 0.488 e. The van der Waals surface area contributed by atoms with Crippen LogP contribution < -0.4 is 10.2 Å². The summed E-state index contributed by atoms with van der Waals surface area (Å²) in [6.07, 6.45) is 0. The Hall–Kier alpha value is -1.34. The number of methoxy groups -OCH3 is 1. The van der Waals surface area contributed by atoms with Crippen LogP contribution in [0.1, 0.15) is 17.4 Å². The summed E-state index contributed by atoms with van der Waals surface area (Å²) in [6, 6.07) is 9.47. The number of ether oxygens (including phenoxy) is 1. The van der Waals surface area contributed by atoms with Crippen LogP contribution in [0.2, 0.25) is 0 Å².